The van der Waals surface area contributed by atoms with Crippen molar-refractivity contribution in [3.8, 4) is 11.4 Å². The average molecular weight is 431 g/mol. The van der Waals surface area contributed by atoms with Crippen molar-refractivity contribution in [2.75, 3.05) is 0 Å². The molecule has 0 fully saturated rings. The van der Waals surface area contributed by atoms with Gasteiger partial charge in [0.15, 0.2) is 0 Å². The first-order chi connectivity index (χ1) is 14.7. The average Bonchev–Trinajstić information content (AvgIpc) is 3.27. The van der Waals surface area contributed by atoms with E-state index in [1.165, 1.54) is 16.9 Å². The quantitative estimate of drug-likeness (QED) is 0.483. The number of carbonyl (C=O) groups is 1. The van der Waals surface area contributed by atoms with E-state index in [1.807, 2.05) is 0 Å². The van der Waals surface area contributed by atoms with Gasteiger partial charge >= 0.3 is 12.1 Å². The van der Waals surface area contributed by atoms with Crippen molar-refractivity contribution in [2.24, 2.45) is 0 Å². The maximum absolute atomic E-state index is 12.7. The molecule has 0 aliphatic rings. The minimum atomic E-state index is -4.41. The van der Waals surface area contributed by atoms with E-state index in [0.717, 1.165) is 12.1 Å². The molecule has 2 aromatic carbocycles. The molecule has 160 valence electrons. The minimum absolute atomic E-state index is 0.0877. The lowest BCUT2D eigenvalue weighted by molar-refractivity contribution is -0.138. The standard InChI is InChI=1S/C20H16F3N5O3/c1-11-17(27-28(26-11)13-4-2-12(3-5-13)20(21,22)23)10-31-14-6-7-15-16(8-14)25-18(24-15)9-19(29)30/h2-8H,9-10H2,1H3,(H,24,25)(H,29,30). The van der Waals surface area contributed by atoms with Crippen molar-refractivity contribution in [1.82, 2.24) is 25.0 Å². The second kappa shape index (κ2) is 7.74. The highest BCUT2D eigenvalue weighted by Crippen LogP contribution is 2.29. The third-order valence-corrected chi connectivity index (χ3v) is 4.50. The van der Waals surface area contributed by atoms with Crippen LogP contribution in [0.5, 0.6) is 5.75 Å². The molecule has 4 aromatic rings. The zero-order valence-electron chi connectivity index (χ0n) is 16.1. The number of benzene rings is 2. The van der Waals surface area contributed by atoms with Crippen molar-refractivity contribution >= 4 is 17.0 Å². The molecule has 0 unspecified atom stereocenters. The highest BCUT2D eigenvalue weighted by molar-refractivity contribution is 5.78. The summed E-state index contributed by atoms with van der Waals surface area (Å²) < 4.78 is 43.9. The maximum atomic E-state index is 12.7. The molecule has 0 bridgehead atoms. The lowest BCUT2D eigenvalue weighted by atomic mass is 10.2. The number of carboxylic acids is 1. The van der Waals surface area contributed by atoms with Crippen molar-refractivity contribution in [1.29, 1.82) is 0 Å². The number of aromatic nitrogens is 5. The largest absolute Gasteiger partial charge is 0.487 e. The number of aromatic amines is 1. The fraction of sp³-hybridized carbons (Fsp3) is 0.200. The molecule has 0 aliphatic carbocycles. The smallest absolute Gasteiger partial charge is 0.416 e. The summed E-state index contributed by atoms with van der Waals surface area (Å²) in [5.74, 6) is -0.138. The molecule has 0 amide bonds. The number of carboxylic acid groups (broad SMARTS) is 1. The Hall–Kier alpha value is -3.89. The molecule has 31 heavy (non-hydrogen) atoms. The van der Waals surface area contributed by atoms with Crippen LogP contribution in [-0.4, -0.2) is 36.0 Å². The third-order valence-electron chi connectivity index (χ3n) is 4.50. The molecule has 0 aliphatic heterocycles. The number of alkyl halides is 3. The summed E-state index contributed by atoms with van der Waals surface area (Å²) in [6.45, 7) is 1.81. The number of aliphatic carboxylic acids is 1. The third kappa shape index (κ3) is 4.49. The second-order valence-electron chi connectivity index (χ2n) is 6.79. The lowest BCUT2D eigenvalue weighted by Gasteiger charge is -2.07. The van der Waals surface area contributed by atoms with Gasteiger partial charge in [0.1, 0.15) is 30.3 Å². The number of halogens is 3. The molecule has 11 heteroatoms. The summed E-state index contributed by atoms with van der Waals surface area (Å²) in [6, 6.07) is 9.66. The Morgan fingerprint density at radius 3 is 2.58 bits per heavy atom. The Bertz CT molecular complexity index is 1250. The number of aryl methyl sites for hydroxylation is 1. The highest BCUT2D eigenvalue weighted by atomic mass is 19.4. The summed E-state index contributed by atoms with van der Waals surface area (Å²) in [4.78, 5) is 19.2. The topological polar surface area (TPSA) is 106 Å². The molecule has 0 spiro atoms. The van der Waals surface area contributed by atoms with E-state index in [2.05, 4.69) is 20.2 Å². The number of imidazole rings is 1. The van der Waals surface area contributed by atoms with Gasteiger partial charge in [-0.05, 0) is 43.3 Å². The van der Waals surface area contributed by atoms with Gasteiger partial charge in [0.25, 0.3) is 0 Å². The van der Waals surface area contributed by atoms with Gasteiger partial charge < -0.3 is 14.8 Å². The Labute approximate surface area is 173 Å². The number of rotatable bonds is 6. The number of fused-ring (bicyclic) bond motifs is 1. The van der Waals surface area contributed by atoms with Gasteiger partial charge in [-0.25, -0.2) is 4.98 Å². The Morgan fingerprint density at radius 2 is 1.90 bits per heavy atom. The number of ether oxygens (including phenoxy) is 1. The summed E-state index contributed by atoms with van der Waals surface area (Å²) in [6.07, 6.45) is -4.62. The fourth-order valence-electron chi connectivity index (χ4n) is 2.95. The van der Waals surface area contributed by atoms with Crippen molar-refractivity contribution in [2.45, 2.75) is 26.1 Å². The van der Waals surface area contributed by atoms with Crippen LogP contribution >= 0.6 is 0 Å². The zero-order valence-corrected chi connectivity index (χ0v) is 16.1. The summed E-state index contributed by atoms with van der Waals surface area (Å²) in [5.41, 5.74) is 2.00. The molecular formula is C20H16F3N5O3. The molecule has 0 saturated carbocycles. The van der Waals surface area contributed by atoms with Gasteiger partial charge in [-0.1, -0.05) is 0 Å². The number of nitrogens with one attached hydrogen (secondary N) is 1. The highest BCUT2D eigenvalue weighted by Gasteiger charge is 2.30. The summed E-state index contributed by atoms with van der Waals surface area (Å²) >= 11 is 0. The van der Waals surface area contributed by atoms with Gasteiger partial charge in [0, 0.05) is 6.07 Å². The van der Waals surface area contributed by atoms with Crippen molar-refractivity contribution < 1.29 is 27.8 Å². The SMILES string of the molecule is Cc1nn(-c2ccc(C(F)(F)F)cc2)nc1COc1ccc2[nH]c(CC(=O)O)nc2c1. The molecule has 2 N–H and O–H groups in total. The van der Waals surface area contributed by atoms with Gasteiger partial charge in [-0.15, -0.1) is 5.10 Å². The maximum Gasteiger partial charge on any atom is 0.416 e. The number of hydrogen-bond donors (Lipinski definition) is 2. The van der Waals surface area contributed by atoms with Crippen LogP contribution in [0, 0.1) is 6.92 Å². The van der Waals surface area contributed by atoms with Crippen LogP contribution in [0.1, 0.15) is 22.8 Å². The monoisotopic (exact) mass is 431 g/mol. The van der Waals surface area contributed by atoms with Crippen LogP contribution in [0.2, 0.25) is 0 Å². The Balaban J connectivity index is 1.48. The second-order valence-corrected chi connectivity index (χ2v) is 6.79. The molecule has 0 saturated heterocycles. The van der Waals surface area contributed by atoms with Crippen LogP contribution in [-0.2, 0) is 24.0 Å². The van der Waals surface area contributed by atoms with E-state index in [-0.39, 0.29) is 13.0 Å². The van der Waals surface area contributed by atoms with Gasteiger partial charge in [-0.3, -0.25) is 4.79 Å². The van der Waals surface area contributed by atoms with Gasteiger partial charge in [0.05, 0.1) is 28.0 Å². The predicted molar refractivity (Wildman–Crippen MR) is 103 cm³/mol. The Kier molecular flexibility index (Phi) is 5.09. The molecule has 0 atom stereocenters. The molecule has 4 rings (SSSR count). The lowest BCUT2D eigenvalue weighted by Crippen LogP contribution is -2.06. The first-order valence-corrected chi connectivity index (χ1v) is 9.13. The number of hydrogen-bond acceptors (Lipinski definition) is 5. The van der Waals surface area contributed by atoms with E-state index >= 15 is 0 Å². The molecule has 2 aromatic heterocycles. The van der Waals surface area contributed by atoms with Gasteiger partial charge in [0.2, 0.25) is 0 Å². The zero-order chi connectivity index (χ0) is 22.2. The first kappa shape index (κ1) is 20.4. The number of H-pyrrole nitrogens is 1. The molecule has 2 heterocycles. The van der Waals surface area contributed by atoms with Crippen LogP contribution in [0.15, 0.2) is 42.5 Å². The predicted octanol–water partition coefficient (Wildman–Crippen LogP) is 3.68. The van der Waals surface area contributed by atoms with E-state index in [1.54, 1.807) is 25.1 Å². The van der Waals surface area contributed by atoms with Crippen LogP contribution in [0.25, 0.3) is 16.7 Å². The minimum Gasteiger partial charge on any atom is -0.487 e. The summed E-state index contributed by atoms with van der Waals surface area (Å²) in [7, 11) is 0. The first-order valence-electron chi connectivity index (χ1n) is 9.13. The Morgan fingerprint density at radius 1 is 1.16 bits per heavy atom. The number of nitrogens with zero attached hydrogens (tertiary/aromatic N) is 4. The van der Waals surface area contributed by atoms with E-state index in [0.29, 0.717) is 39.7 Å². The van der Waals surface area contributed by atoms with E-state index in [4.69, 9.17) is 9.84 Å². The molecular weight excluding hydrogens is 415 g/mol. The van der Waals surface area contributed by atoms with Crippen molar-refractivity contribution in [3.63, 3.8) is 0 Å². The van der Waals surface area contributed by atoms with Crippen LogP contribution < -0.4 is 4.74 Å². The van der Waals surface area contributed by atoms with E-state index in [9.17, 15) is 18.0 Å². The normalized spacial score (nSPS) is 11.7. The molecule has 8 nitrogen and oxygen atoms in total. The molecule has 0 radical (unpaired) electrons. The van der Waals surface area contributed by atoms with E-state index < -0.39 is 17.7 Å². The van der Waals surface area contributed by atoms with Crippen molar-refractivity contribution in [3.05, 3.63) is 65.2 Å². The fourth-order valence-corrected chi connectivity index (χ4v) is 2.95. The van der Waals surface area contributed by atoms with Gasteiger partial charge in [-0.2, -0.15) is 23.1 Å². The summed E-state index contributed by atoms with van der Waals surface area (Å²) in [5, 5.41) is 17.4. The van der Waals surface area contributed by atoms with Crippen LogP contribution in [0.4, 0.5) is 13.2 Å². The van der Waals surface area contributed by atoms with Crippen LogP contribution in [0.3, 0.4) is 0 Å².